The third-order valence-electron chi connectivity index (χ3n) is 2.22. The highest BCUT2D eigenvalue weighted by Gasteiger charge is 2.03. The molecule has 0 spiro atoms. The summed E-state index contributed by atoms with van der Waals surface area (Å²) in [5.41, 5.74) is 2.18. The fourth-order valence-electron chi connectivity index (χ4n) is 1.31. The maximum Gasteiger partial charge on any atom is 0.250 e. The zero-order valence-electron chi connectivity index (χ0n) is 8.98. The van der Waals surface area contributed by atoms with Crippen LogP contribution in [0.15, 0.2) is 42.6 Å². The quantitative estimate of drug-likeness (QED) is 0.788. The van der Waals surface area contributed by atoms with Gasteiger partial charge in [-0.2, -0.15) is 0 Å². The van der Waals surface area contributed by atoms with Crippen LogP contribution in [0.5, 0.6) is 5.88 Å². The van der Waals surface area contributed by atoms with E-state index in [0.717, 1.165) is 5.56 Å². The smallest absolute Gasteiger partial charge is 0.250 e. The molecule has 0 N–H and O–H groups in total. The molecule has 0 saturated carbocycles. The molecule has 0 fully saturated rings. The van der Waals surface area contributed by atoms with Gasteiger partial charge in [-0.1, -0.05) is 29.8 Å². The van der Waals surface area contributed by atoms with Crippen molar-refractivity contribution in [3.8, 4) is 5.88 Å². The molecule has 3 heteroatoms. The second-order valence-electron chi connectivity index (χ2n) is 3.56. The second-order valence-corrected chi connectivity index (χ2v) is 3.56. The van der Waals surface area contributed by atoms with E-state index in [9.17, 15) is 4.39 Å². The summed E-state index contributed by atoms with van der Waals surface area (Å²) in [5, 5.41) is 0. The molecule has 0 radical (unpaired) electrons. The van der Waals surface area contributed by atoms with Crippen molar-refractivity contribution < 1.29 is 9.13 Å². The summed E-state index contributed by atoms with van der Waals surface area (Å²) in [4.78, 5) is 3.81. The molecule has 0 amide bonds. The van der Waals surface area contributed by atoms with E-state index in [1.807, 2.05) is 31.2 Å². The van der Waals surface area contributed by atoms with Crippen LogP contribution in [0.2, 0.25) is 0 Å². The van der Waals surface area contributed by atoms with Crippen molar-refractivity contribution >= 4 is 0 Å². The lowest BCUT2D eigenvalue weighted by atomic mass is 10.2. The van der Waals surface area contributed by atoms with Crippen LogP contribution < -0.4 is 4.74 Å². The van der Waals surface area contributed by atoms with E-state index in [2.05, 4.69) is 4.98 Å². The van der Waals surface area contributed by atoms with Crippen molar-refractivity contribution in [1.29, 1.82) is 0 Å². The Morgan fingerprint density at radius 1 is 1.19 bits per heavy atom. The van der Waals surface area contributed by atoms with Crippen LogP contribution in [0, 0.1) is 12.7 Å². The van der Waals surface area contributed by atoms with E-state index in [0.29, 0.717) is 6.61 Å². The number of halogens is 1. The van der Waals surface area contributed by atoms with E-state index >= 15 is 0 Å². The van der Waals surface area contributed by atoms with Crippen molar-refractivity contribution in [1.82, 2.24) is 4.98 Å². The Labute approximate surface area is 93.7 Å². The summed E-state index contributed by atoms with van der Waals surface area (Å²) >= 11 is 0. The fraction of sp³-hybridized carbons (Fsp3) is 0.154. The summed E-state index contributed by atoms with van der Waals surface area (Å²) in [6.07, 6.45) is 1.51. The Morgan fingerprint density at radius 2 is 1.94 bits per heavy atom. The van der Waals surface area contributed by atoms with E-state index in [-0.39, 0.29) is 5.88 Å². The molecule has 1 heterocycles. The molecule has 2 aromatic rings. The number of rotatable bonds is 3. The summed E-state index contributed by atoms with van der Waals surface area (Å²) in [6, 6.07) is 10.8. The lowest BCUT2D eigenvalue weighted by Gasteiger charge is -2.05. The monoisotopic (exact) mass is 217 g/mol. The van der Waals surface area contributed by atoms with Gasteiger partial charge in [-0.25, -0.2) is 9.37 Å². The Hall–Kier alpha value is -1.90. The van der Waals surface area contributed by atoms with Gasteiger partial charge in [0.15, 0.2) is 5.82 Å². The fourth-order valence-corrected chi connectivity index (χ4v) is 1.31. The molecule has 1 aromatic carbocycles. The van der Waals surface area contributed by atoms with Gasteiger partial charge >= 0.3 is 0 Å². The van der Waals surface area contributed by atoms with Gasteiger partial charge < -0.3 is 4.74 Å². The standard InChI is InChI=1S/C13H12FNO/c1-10-4-6-11(7-5-10)9-16-13-12(14)3-2-8-15-13/h2-8H,9H2,1H3. The Morgan fingerprint density at radius 3 is 2.62 bits per heavy atom. The average molecular weight is 217 g/mol. The highest BCUT2D eigenvalue weighted by molar-refractivity contribution is 5.21. The molecule has 1 aromatic heterocycles. The number of nitrogens with zero attached hydrogens (tertiary/aromatic N) is 1. The van der Waals surface area contributed by atoms with Crippen molar-refractivity contribution in [2.24, 2.45) is 0 Å². The van der Waals surface area contributed by atoms with Crippen molar-refractivity contribution in [3.63, 3.8) is 0 Å². The van der Waals surface area contributed by atoms with Crippen LogP contribution in [0.4, 0.5) is 4.39 Å². The molecule has 2 nitrogen and oxygen atoms in total. The zero-order chi connectivity index (χ0) is 11.4. The third kappa shape index (κ3) is 2.57. The van der Waals surface area contributed by atoms with Gasteiger partial charge in [0.05, 0.1) is 0 Å². The summed E-state index contributed by atoms with van der Waals surface area (Å²) in [7, 11) is 0. The van der Waals surface area contributed by atoms with E-state index < -0.39 is 5.82 Å². The third-order valence-corrected chi connectivity index (χ3v) is 2.22. The van der Waals surface area contributed by atoms with Crippen LogP contribution in [-0.4, -0.2) is 4.98 Å². The summed E-state index contributed by atoms with van der Waals surface area (Å²) in [5.74, 6) is -0.391. The predicted octanol–water partition coefficient (Wildman–Crippen LogP) is 3.11. The van der Waals surface area contributed by atoms with Crippen molar-refractivity contribution in [2.45, 2.75) is 13.5 Å². The highest BCUT2D eigenvalue weighted by Crippen LogP contribution is 2.13. The minimum absolute atomic E-state index is 0.0445. The highest BCUT2D eigenvalue weighted by atomic mass is 19.1. The maximum absolute atomic E-state index is 13.2. The molecule has 0 aliphatic rings. The molecule has 0 unspecified atom stereocenters. The average Bonchev–Trinajstić information content (AvgIpc) is 2.30. The minimum Gasteiger partial charge on any atom is -0.471 e. The SMILES string of the molecule is Cc1ccc(COc2ncccc2F)cc1. The topological polar surface area (TPSA) is 22.1 Å². The Balaban J connectivity index is 2.02. The summed E-state index contributed by atoms with van der Waals surface area (Å²) < 4.78 is 18.4. The molecule has 0 aliphatic heterocycles. The van der Waals surface area contributed by atoms with E-state index in [1.165, 1.54) is 23.9 Å². The molecule has 0 saturated heterocycles. The molecule has 0 atom stereocenters. The molecular formula is C13H12FNO. The van der Waals surface area contributed by atoms with Gasteiger partial charge in [-0.05, 0) is 24.6 Å². The van der Waals surface area contributed by atoms with E-state index in [1.54, 1.807) is 0 Å². The minimum atomic E-state index is -0.436. The van der Waals surface area contributed by atoms with Gasteiger partial charge in [0.25, 0.3) is 5.88 Å². The van der Waals surface area contributed by atoms with Gasteiger partial charge in [-0.15, -0.1) is 0 Å². The number of pyridine rings is 1. The first-order valence-electron chi connectivity index (χ1n) is 5.04. The Bertz CT molecular complexity index is 468. The molecule has 82 valence electrons. The van der Waals surface area contributed by atoms with Gasteiger partial charge in [0.2, 0.25) is 0 Å². The van der Waals surface area contributed by atoms with Crippen LogP contribution >= 0.6 is 0 Å². The van der Waals surface area contributed by atoms with Gasteiger partial charge in [0.1, 0.15) is 6.61 Å². The van der Waals surface area contributed by atoms with Crippen LogP contribution in [-0.2, 0) is 6.61 Å². The lowest BCUT2D eigenvalue weighted by Crippen LogP contribution is -1.99. The number of aryl methyl sites for hydroxylation is 1. The Kier molecular flexibility index (Phi) is 3.15. The first-order valence-corrected chi connectivity index (χ1v) is 5.04. The largest absolute Gasteiger partial charge is 0.471 e. The van der Waals surface area contributed by atoms with Crippen molar-refractivity contribution in [3.05, 3.63) is 59.5 Å². The number of aromatic nitrogens is 1. The molecule has 0 bridgehead atoms. The van der Waals surface area contributed by atoms with Crippen LogP contribution in [0.3, 0.4) is 0 Å². The number of benzene rings is 1. The van der Waals surface area contributed by atoms with E-state index in [4.69, 9.17) is 4.74 Å². The number of hydrogen-bond acceptors (Lipinski definition) is 2. The second kappa shape index (κ2) is 4.75. The van der Waals surface area contributed by atoms with Gasteiger partial charge in [0, 0.05) is 6.20 Å². The van der Waals surface area contributed by atoms with Crippen molar-refractivity contribution in [2.75, 3.05) is 0 Å². The van der Waals surface area contributed by atoms with Crippen LogP contribution in [0.25, 0.3) is 0 Å². The first kappa shape index (κ1) is 10.6. The number of ether oxygens (including phenoxy) is 1. The molecular weight excluding hydrogens is 205 g/mol. The molecule has 0 aliphatic carbocycles. The zero-order valence-corrected chi connectivity index (χ0v) is 8.98. The predicted molar refractivity (Wildman–Crippen MR) is 59.7 cm³/mol. The molecule has 16 heavy (non-hydrogen) atoms. The molecule has 2 rings (SSSR count). The van der Waals surface area contributed by atoms with Gasteiger partial charge in [-0.3, -0.25) is 0 Å². The normalized spacial score (nSPS) is 10.1. The lowest BCUT2D eigenvalue weighted by molar-refractivity contribution is 0.277. The number of hydrogen-bond donors (Lipinski definition) is 0. The summed E-state index contributed by atoms with van der Waals surface area (Å²) in [6.45, 7) is 2.34. The maximum atomic E-state index is 13.2. The first-order chi connectivity index (χ1) is 7.75. The van der Waals surface area contributed by atoms with Crippen LogP contribution in [0.1, 0.15) is 11.1 Å².